The van der Waals surface area contributed by atoms with E-state index in [0.717, 1.165) is 24.8 Å². The molecule has 3 aliphatic rings. The summed E-state index contributed by atoms with van der Waals surface area (Å²) in [5.74, 6) is -1.56. The molecule has 0 aromatic carbocycles. The highest BCUT2D eigenvalue weighted by atomic mass is 16.7. The second kappa shape index (κ2) is 7.32. The van der Waals surface area contributed by atoms with Crippen LogP contribution in [0.25, 0.3) is 0 Å². The summed E-state index contributed by atoms with van der Waals surface area (Å²) in [6.45, 7) is 7.58. The number of carbonyl (C=O) groups excluding carboxylic acids is 1. The van der Waals surface area contributed by atoms with Crippen LogP contribution in [0, 0.1) is 5.92 Å². The van der Waals surface area contributed by atoms with Crippen molar-refractivity contribution >= 4 is 5.97 Å². The van der Waals surface area contributed by atoms with Crippen molar-refractivity contribution in [2.24, 2.45) is 5.92 Å². The SMILES string of the molecule is CO[C@]12C/C(C)=C\CC[C@H](C)[C@@H]3CC[C@@](C)(O3)[C@@H](O)[C@@H](O)C1=C(C)C(=O)O2. The summed E-state index contributed by atoms with van der Waals surface area (Å²) in [6, 6.07) is 0. The van der Waals surface area contributed by atoms with Crippen molar-refractivity contribution in [3.63, 3.8) is 0 Å². The van der Waals surface area contributed by atoms with Gasteiger partial charge in [0.25, 0.3) is 0 Å². The number of carbonyl (C=O) groups is 1. The van der Waals surface area contributed by atoms with Crippen molar-refractivity contribution in [1.29, 1.82) is 0 Å². The Kier molecular flexibility index (Phi) is 5.56. The number of hydrogen-bond donors (Lipinski definition) is 2. The summed E-state index contributed by atoms with van der Waals surface area (Å²) in [6.07, 6.45) is 3.35. The van der Waals surface area contributed by atoms with Crippen LogP contribution in [0.4, 0.5) is 0 Å². The molecule has 0 radical (unpaired) electrons. The van der Waals surface area contributed by atoms with Gasteiger partial charge >= 0.3 is 5.97 Å². The topological polar surface area (TPSA) is 85.2 Å². The predicted octanol–water partition coefficient (Wildman–Crippen LogP) is 2.63. The first kappa shape index (κ1) is 20.5. The first-order valence-corrected chi connectivity index (χ1v) is 9.83. The number of allylic oxidation sites excluding steroid dienone is 1. The molecule has 0 amide bonds. The van der Waals surface area contributed by atoms with Gasteiger partial charge in [0.15, 0.2) is 0 Å². The van der Waals surface area contributed by atoms with Crippen LogP contribution in [0.2, 0.25) is 0 Å². The fourth-order valence-corrected chi connectivity index (χ4v) is 4.70. The lowest BCUT2D eigenvalue weighted by atomic mass is 9.82. The molecule has 2 N–H and O–H groups in total. The van der Waals surface area contributed by atoms with Crippen LogP contribution in [0.15, 0.2) is 22.8 Å². The largest absolute Gasteiger partial charge is 0.425 e. The van der Waals surface area contributed by atoms with Crippen molar-refractivity contribution in [1.82, 2.24) is 0 Å². The van der Waals surface area contributed by atoms with Crippen LogP contribution >= 0.6 is 0 Å². The number of aliphatic hydroxyl groups excluding tert-OH is 2. The maximum absolute atomic E-state index is 12.3. The van der Waals surface area contributed by atoms with Gasteiger partial charge in [-0.15, -0.1) is 0 Å². The quantitative estimate of drug-likeness (QED) is 0.537. The molecule has 0 saturated carbocycles. The standard InChI is InChI=1S/C21H32O6/c1-12-7-6-8-13(2)15-9-10-20(4,26-15)18(23)17(22)16-14(3)19(24)27-21(16,11-12)25-5/h7,13,15,17-18,22-23H,6,8-11H2,1-5H3/b12-7-/t13-,15-,17-,18-,20+,21-/m0/s1. The van der Waals surface area contributed by atoms with Crippen molar-refractivity contribution in [2.75, 3.05) is 7.11 Å². The molecule has 3 aliphatic heterocycles. The lowest BCUT2D eigenvalue weighted by Gasteiger charge is -2.38. The molecular formula is C21H32O6. The third-order valence-corrected chi connectivity index (χ3v) is 6.54. The molecule has 6 heteroatoms. The molecule has 152 valence electrons. The number of aliphatic hydroxyl groups is 2. The minimum absolute atomic E-state index is 0.0510. The molecule has 3 heterocycles. The Morgan fingerprint density at radius 2 is 1.96 bits per heavy atom. The normalized spacial score (nSPS) is 45.3. The molecule has 0 aromatic rings. The smallest absolute Gasteiger partial charge is 0.336 e. The molecule has 0 unspecified atom stereocenters. The molecular weight excluding hydrogens is 348 g/mol. The van der Waals surface area contributed by atoms with Crippen LogP contribution < -0.4 is 0 Å². The first-order chi connectivity index (χ1) is 12.6. The zero-order chi connectivity index (χ0) is 20.0. The lowest BCUT2D eigenvalue weighted by molar-refractivity contribution is -0.201. The van der Waals surface area contributed by atoms with E-state index >= 15 is 0 Å². The van der Waals surface area contributed by atoms with E-state index in [1.54, 1.807) is 6.92 Å². The molecule has 3 rings (SSSR count). The van der Waals surface area contributed by atoms with E-state index in [-0.39, 0.29) is 11.7 Å². The van der Waals surface area contributed by atoms with Gasteiger partial charge in [-0.2, -0.15) is 0 Å². The van der Waals surface area contributed by atoms with Crippen LogP contribution in [-0.4, -0.2) is 53.0 Å². The maximum atomic E-state index is 12.3. The molecule has 2 bridgehead atoms. The van der Waals surface area contributed by atoms with Gasteiger partial charge in [0, 0.05) is 24.7 Å². The fraction of sp³-hybridized carbons (Fsp3) is 0.762. The lowest BCUT2D eigenvalue weighted by Crippen LogP contribution is -2.51. The molecule has 0 aromatic heterocycles. The van der Waals surface area contributed by atoms with Gasteiger partial charge in [-0.1, -0.05) is 18.6 Å². The molecule has 6 atom stereocenters. The summed E-state index contributed by atoms with van der Waals surface area (Å²) in [4.78, 5) is 12.3. The summed E-state index contributed by atoms with van der Waals surface area (Å²) in [7, 11) is 1.46. The zero-order valence-corrected chi connectivity index (χ0v) is 16.9. The van der Waals surface area contributed by atoms with E-state index in [9.17, 15) is 15.0 Å². The number of esters is 1. The second-order valence-corrected chi connectivity index (χ2v) is 8.56. The van der Waals surface area contributed by atoms with Crippen molar-refractivity contribution in [3.8, 4) is 0 Å². The highest BCUT2D eigenvalue weighted by Gasteiger charge is 2.55. The Morgan fingerprint density at radius 3 is 2.63 bits per heavy atom. The summed E-state index contributed by atoms with van der Waals surface area (Å²) in [5, 5.41) is 22.1. The van der Waals surface area contributed by atoms with Crippen LogP contribution in [0.1, 0.15) is 59.8 Å². The molecule has 27 heavy (non-hydrogen) atoms. The van der Waals surface area contributed by atoms with E-state index in [0.29, 0.717) is 24.3 Å². The Bertz CT molecular complexity index is 668. The third-order valence-electron chi connectivity index (χ3n) is 6.54. The average molecular weight is 380 g/mol. The molecule has 0 aliphatic carbocycles. The van der Waals surface area contributed by atoms with Crippen molar-refractivity contribution < 1.29 is 29.2 Å². The van der Waals surface area contributed by atoms with Crippen molar-refractivity contribution in [2.45, 2.75) is 89.5 Å². The highest BCUT2D eigenvalue weighted by molar-refractivity contribution is 5.92. The van der Waals surface area contributed by atoms with E-state index in [1.165, 1.54) is 7.11 Å². The van der Waals surface area contributed by atoms with Gasteiger partial charge < -0.3 is 24.4 Å². The molecule has 1 fully saturated rings. The van der Waals surface area contributed by atoms with Gasteiger partial charge in [0.1, 0.15) is 12.2 Å². The highest BCUT2D eigenvalue weighted by Crippen LogP contribution is 2.45. The van der Waals surface area contributed by atoms with Gasteiger partial charge in [-0.3, -0.25) is 0 Å². The number of rotatable bonds is 1. The summed E-state index contributed by atoms with van der Waals surface area (Å²) >= 11 is 0. The zero-order valence-electron chi connectivity index (χ0n) is 16.9. The Morgan fingerprint density at radius 1 is 1.26 bits per heavy atom. The average Bonchev–Trinajstić information content (AvgIpc) is 3.13. The maximum Gasteiger partial charge on any atom is 0.336 e. The number of ether oxygens (including phenoxy) is 3. The number of hydrogen-bond acceptors (Lipinski definition) is 6. The van der Waals surface area contributed by atoms with Gasteiger partial charge in [0.2, 0.25) is 5.79 Å². The monoisotopic (exact) mass is 380 g/mol. The Hall–Kier alpha value is -1.21. The van der Waals surface area contributed by atoms with Gasteiger partial charge in [0.05, 0.1) is 11.7 Å². The summed E-state index contributed by atoms with van der Waals surface area (Å²) in [5.41, 5.74) is 0.725. The fourth-order valence-electron chi connectivity index (χ4n) is 4.70. The van der Waals surface area contributed by atoms with E-state index in [4.69, 9.17) is 14.2 Å². The molecule has 6 nitrogen and oxygen atoms in total. The Labute approximate surface area is 161 Å². The van der Waals surface area contributed by atoms with E-state index < -0.39 is 29.6 Å². The minimum atomic E-state index is -1.39. The van der Waals surface area contributed by atoms with Crippen LogP contribution in [-0.2, 0) is 19.0 Å². The molecule has 1 saturated heterocycles. The first-order valence-electron chi connectivity index (χ1n) is 9.83. The number of methoxy groups -OCH3 is 1. The van der Waals surface area contributed by atoms with Gasteiger partial charge in [-0.25, -0.2) is 4.79 Å². The van der Waals surface area contributed by atoms with E-state index in [2.05, 4.69) is 13.0 Å². The Balaban J connectivity index is 2.07. The van der Waals surface area contributed by atoms with Crippen molar-refractivity contribution in [3.05, 3.63) is 22.8 Å². The van der Waals surface area contributed by atoms with Crippen LogP contribution in [0.5, 0.6) is 0 Å². The predicted molar refractivity (Wildman–Crippen MR) is 99.8 cm³/mol. The number of fused-ring (bicyclic) bond motifs is 3. The van der Waals surface area contributed by atoms with E-state index in [1.807, 2.05) is 13.8 Å². The summed E-state index contributed by atoms with van der Waals surface area (Å²) < 4.78 is 17.5. The second-order valence-electron chi connectivity index (χ2n) is 8.56. The van der Waals surface area contributed by atoms with Gasteiger partial charge in [-0.05, 0) is 52.4 Å². The molecule has 0 spiro atoms. The minimum Gasteiger partial charge on any atom is -0.425 e. The van der Waals surface area contributed by atoms with Crippen LogP contribution in [0.3, 0.4) is 0 Å². The third kappa shape index (κ3) is 3.48.